The number of amides is 1. The number of nitrogens with one attached hydrogen (secondary N) is 1. The number of anilines is 1. The van der Waals surface area contributed by atoms with Crippen LogP contribution >= 0.6 is 0 Å². The molecule has 0 aliphatic rings. The van der Waals surface area contributed by atoms with Crippen LogP contribution in [0.5, 0.6) is 11.5 Å². The second-order valence-corrected chi connectivity index (χ2v) is 6.35. The van der Waals surface area contributed by atoms with Gasteiger partial charge in [-0.15, -0.1) is 0 Å². The summed E-state index contributed by atoms with van der Waals surface area (Å²) in [6, 6.07) is 12.9. The molecular formula is C19H23NO3. The summed E-state index contributed by atoms with van der Waals surface area (Å²) in [6.45, 7) is 6.43. The van der Waals surface area contributed by atoms with Gasteiger partial charge in [0.15, 0.2) is 0 Å². The Morgan fingerprint density at radius 3 is 2.13 bits per heavy atom. The van der Waals surface area contributed by atoms with Crippen molar-refractivity contribution in [3.05, 3.63) is 53.6 Å². The Kier molecular flexibility index (Phi) is 4.94. The predicted octanol–water partition coefficient (Wildman–Crippen LogP) is 4.25. The molecule has 0 aromatic heterocycles. The minimum atomic E-state index is -0.172. The van der Waals surface area contributed by atoms with Gasteiger partial charge < -0.3 is 14.8 Å². The van der Waals surface area contributed by atoms with Gasteiger partial charge in [-0.3, -0.25) is 4.79 Å². The highest BCUT2D eigenvalue weighted by molar-refractivity contribution is 6.05. The summed E-state index contributed by atoms with van der Waals surface area (Å²) >= 11 is 0. The van der Waals surface area contributed by atoms with Crippen molar-refractivity contribution in [1.29, 1.82) is 0 Å². The fourth-order valence-electron chi connectivity index (χ4n) is 2.22. The smallest absolute Gasteiger partial charge is 0.255 e. The summed E-state index contributed by atoms with van der Waals surface area (Å²) in [5.41, 5.74) is 2.47. The number of hydrogen-bond donors (Lipinski definition) is 1. The standard InChI is InChI=1S/C19H23NO3/c1-19(2,3)14-8-6-13(7-9-14)18(21)20-16-11-10-15(22-4)12-17(16)23-5/h6-12H,1-5H3,(H,20,21). The van der Waals surface area contributed by atoms with Crippen molar-refractivity contribution >= 4 is 11.6 Å². The Morgan fingerprint density at radius 2 is 1.61 bits per heavy atom. The Labute approximate surface area is 137 Å². The van der Waals surface area contributed by atoms with E-state index in [4.69, 9.17) is 9.47 Å². The molecule has 2 aromatic carbocycles. The van der Waals surface area contributed by atoms with Crippen molar-refractivity contribution in [3.8, 4) is 11.5 Å². The zero-order chi connectivity index (χ0) is 17.0. The molecule has 0 saturated heterocycles. The van der Waals surface area contributed by atoms with Crippen molar-refractivity contribution in [2.45, 2.75) is 26.2 Å². The fourth-order valence-corrected chi connectivity index (χ4v) is 2.22. The van der Waals surface area contributed by atoms with Gasteiger partial charge in [0, 0.05) is 11.6 Å². The molecule has 4 nitrogen and oxygen atoms in total. The summed E-state index contributed by atoms with van der Waals surface area (Å²) < 4.78 is 10.4. The van der Waals surface area contributed by atoms with Crippen molar-refractivity contribution in [2.75, 3.05) is 19.5 Å². The van der Waals surface area contributed by atoms with Gasteiger partial charge in [0.2, 0.25) is 0 Å². The van der Waals surface area contributed by atoms with E-state index in [2.05, 4.69) is 26.1 Å². The van der Waals surface area contributed by atoms with Gasteiger partial charge in [0.25, 0.3) is 5.91 Å². The first kappa shape index (κ1) is 16.9. The third-order valence-corrected chi connectivity index (χ3v) is 3.67. The minimum absolute atomic E-state index is 0.0637. The monoisotopic (exact) mass is 313 g/mol. The van der Waals surface area contributed by atoms with Gasteiger partial charge >= 0.3 is 0 Å². The Bertz CT molecular complexity index is 685. The van der Waals surface area contributed by atoms with E-state index in [0.29, 0.717) is 22.7 Å². The van der Waals surface area contributed by atoms with Crippen LogP contribution in [0.1, 0.15) is 36.7 Å². The van der Waals surface area contributed by atoms with E-state index in [1.165, 1.54) is 5.56 Å². The summed E-state index contributed by atoms with van der Waals surface area (Å²) in [7, 11) is 3.15. The maximum absolute atomic E-state index is 12.4. The molecule has 0 saturated carbocycles. The van der Waals surface area contributed by atoms with Gasteiger partial charge in [-0.25, -0.2) is 0 Å². The van der Waals surface area contributed by atoms with Gasteiger partial charge in [-0.2, -0.15) is 0 Å². The average molecular weight is 313 g/mol. The third-order valence-electron chi connectivity index (χ3n) is 3.67. The molecule has 0 unspecified atom stereocenters. The highest BCUT2D eigenvalue weighted by atomic mass is 16.5. The predicted molar refractivity (Wildman–Crippen MR) is 92.6 cm³/mol. The highest BCUT2D eigenvalue weighted by Gasteiger charge is 2.15. The van der Waals surface area contributed by atoms with Gasteiger partial charge in [0.1, 0.15) is 11.5 Å². The first-order chi connectivity index (χ1) is 10.8. The van der Waals surface area contributed by atoms with Crippen LogP contribution in [-0.4, -0.2) is 20.1 Å². The summed E-state index contributed by atoms with van der Waals surface area (Å²) in [6.07, 6.45) is 0. The van der Waals surface area contributed by atoms with E-state index in [1.807, 2.05) is 24.3 Å². The molecule has 0 heterocycles. The molecular weight excluding hydrogens is 290 g/mol. The number of carbonyl (C=O) groups excluding carboxylic acids is 1. The third kappa shape index (κ3) is 4.03. The molecule has 122 valence electrons. The van der Waals surface area contributed by atoms with E-state index in [0.717, 1.165) is 0 Å². The number of benzene rings is 2. The molecule has 0 fully saturated rings. The lowest BCUT2D eigenvalue weighted by molar-refractivity contribution is 0.102. The first-order valence-corrected chi connectivity index (χ1v) is 7.49. The number of ether oxygens (including phenoxy) is 2. The average Bonchev–Trinajstić information content (AvgIpc) is 2.54. The Balaban J connectivity index is 2.19. The molecule has 1 amide bonds. The van der Waals surface area contributed by atoms with Crippen LogP contribution in [0, 0.1) is 0 Å². The van der Waals surface area contributed by atoms with Crippen molar-refractivity contribution in [1.82, 2.24) is 0 Å². The normalized spacial score (nSPS) is 11.0. The van der Waals surface area contributed by atoms with Crippen LogP contribution in [0.2, 0.25) is 0 Å². The zero-order valence-corrected chi connectivity index (χ0v) is 14.3. The molecule has 2 rings (SSSR count). The van der Waals surface area contributed by atoms with E-state index >= 15 is 0 Å². The van der Waals surface area contributed by atoms with E-state index in [9.17, 15) is 4.79 Å². The second-order valence-electron chi connectivity index (χ2n) is 6.35. The van der Waals surface area contributed by atoms with Crippen molar-refractivity contribution in [2.24, 2.45) is 0 Å². The van der Waals surface area contributed by atoms with E-state index in [-0.39, 0.29) is 11.3 Å². The van der Waals surface area contributed by atoms with Crippen LogP contribution in [0.4, 0.5) is 5.69 Å². The summed E-state index contributed by atoms with van der Waals surface area (Å²) in [5.74, 6) is 1.06. The molecule has 23 heavy (non-hydrogen) atoms. The molecule has 0 bridgehead atoms. The van der Waals surface area contributed by atoms with Gasteiger partial charge in [-0.1, -0.05) is 32.9 Å². The molecule has 0 radical (unpaired) electrons. The van der Waals surface area contributed by atoms with Crippen molar-refractivity contribution < 1.29 is 14.3 Å². The molecule has 0 aliphatic heterocycles. The minimum Gasteiger partial charge on any atom is -0.497 e. The molecule has 1 N–H and O–H groups in total. The Hall–Kier alpha value is -2.49. The van der Waals surface area contributed by atoms with Gasteiger partial charge in [-0.05, 0) is 35.2 Å². The van der Waals surface area contributed by atoms with Crippen molar-refractivity contribution in [3.63, 3.8) is 0 Å². The number of carbonyl (C=O) groups is 1. The lowest BCUT2D eigenvalue weighted by atomic mass is 9.87. The maximum Gasteiger partial charge on any atom is 0.255 e. The van der Waals surface area contributed by atoms with Crippen LogP contribution < -0.4 is 14.8 Å². The summed E-state index contributed by atoms with van der Waals surface area (Å²) in [4.78, 5) is 12.4. The number of hydrogen-bond acceptors (Lipinski definition) is 3. The number of methoxy groups -OCH3 is 2. The van der Waals surface area contributed by atoms with Gasteiger partial charge in [0.05, 0.1) is 19.9 Å². The molecule has 0 spiro atoms. The lowest BCUT2D eigenvalue weighted by Gasteiger charge is -2.19. The zero-order valence-electron chi connectivity index (χ0n) is 14.3. The highest BCUT2D eigenvalue weighted by Crippen LogP contribution is 2.29. The van der Waals surface area contributed by atoms with E-state index < -0.39 is 0 Å². The SMILES string of the molecule is COc1ccc(NC(=O)c2ccc(C(C)(C)C)cc2)c(OC)c1. The van der Waals surface area contributed by atoms with Crippen LogP contribution in [0.15, 0.2) is 42.5 Å². The second kappa shape index (κ2) is 6.73. The fraction of sp³-hybridized carbons (Fsp3) is 0.316. The molecule has 0 atom stereocenters. The van der Waals surface area contributed by atoms with E-state index in [1.54, 1.807) is 32.4 Å². The molecule has 0 aliphatic carbocycles. The molecule has 4 heteroatoms. The molecule has 2 aromatic rings. The maximum atomic E-state index is 12.4. The quantitative estimate of drug-likeness (QED) is 0.917. The number of rotatable bonds is 4. The Morgan fingerprint density at radius 1 is 0.957 bits per heavy atom. The van der Waals surface area contributed by atoms with Crippen LogP contribution in [0.25, 0.3) is 0 Å². The lowest BCUT2D eigenvalue weighted by Crippen LogP contribution is -2.14. The largest absolute Gasteiger partial charge is 0.497 e. The topological polar surface area (TPSA) is 47.6 Å². The van der Waals surface area contributed by atoms with Crippen LogP contribution in [-0.2, 0) is 5.41 Å². The first-order valence-electron chi connectivity index (χ1n) is 7.49. The summed E-state index contributed by atoms with van der Waals surface area (Å²) in [5, 5.41) is 2.87. The van der Waals surface area contributed by atoms with Crippen LogP contribution in [0.3, 0.4) is 0 Å².